The number of carbonyl (C=O) groups is 1. The Morgan fingerprint density at radius 2 is 1.84 bits per heavy atom. The maximum Gasteiger partial charge on any atom is 0.255 e. The van der Waals surface area contributed by atoms with Crippen LogP contribution in [-0.2, 0) is 11.3 Å². The largest absolute Gasteiger partial charge is 0.490 e. The number of benzene rings is 2. The Kier molecular flexibility index (Phi) is 10.4. The van der Waals surface area contributed by atoms with E-state index < -0.39 is 5.91 Å². The number of halogens is 1. The summed E-state index contributed by atoms with van der Waals surface area (Å²) < 4.78 is 11.5. The zero-order valence-electron chi connectivity index (χ0n) is 17.8. The van der Waals surface area contributed by atoms with Gasteiger partial charge in [0.05, 0.1) is 6.54 Å². The van der Waals surface area contributed by atoms with Gasteiger partial charge in [-0.05, 0) is 36.8 Å². The summed E-state index contributed by atoms with van der Waals surface area (Å²) in [7, 11) is 0. The minimum atomic E-state index is -0.493. The number of guanidine groups is 1. The summed E-state index contributed by atoms with van der Waals surface area (Å²) in [5, 5.41) is 3.38. The fourth-order valence-corrected chi connectivity index (χ4v) is 3.36. The number of nitrogens with two attached hydrogens (primary N) is 1. The Morgan fingerprint density at radius 3 is 2.52 bits per heavy atom. The molecule has 3 rings (SSSR count). The molecule has 0 unspecified atom stereocenters. The van der Waals surface area contributed by atoms with Crippen LogP contribution in [0.15, 0.2) is 59.6 Å². The van der Waals surface area contributed by atoms with Gasteiger partial charge >= 0.3 is 0 Å². The van der Waals surface area contributed by atoms with Crippen molar-refractivity contribution >= 4 is 35.8 Å². The Balaban J connectivity index is 0.00000341. The first-order chi connectivity index (χ1) is 14.6. The van der Waals surface area contributed by atoms with E-state index in [0.717, 1.165) is 49.7 Å². The van der Waals surface area contributed by atoms with Crippen molar-refractivity contribution in [3.63, 3.8) is 0 Å². The highest BCUT2D eigenvalue weighted by Crippen LogP contribution is 2.19. The number of aliphatic imine (C=N–C) groups is 1. The van der Waals surface area contributed by atoms with Gasteiger partial charge in [-0.2, -0.15) is 0 Å². The van der Waals surface area contributed by atoms with Crippen LogP contribution in [0.5, 0.6) is 11.5 Å². The second kappa shape index (κ2) is 13.0. The summed E-state index contributed by atoms with van der Waals surface area (Å²) in [6, 6.07) is 17.6. The number of carbonyl (C=O) groups excluding carboxylic acids is 1. The monoisotopic (exact) mass is 538 g/mol. The van der Waals surface area contributed by atoms with E-state index in [-0.39, 0.29) is 36.7 Å². The SMILES string of the molecule is CCNC(=NCc1cccc(OCC(N)=O)c1)N1CCC(Oc2ccccc2)CC1.I. The maximum absolute atomic E-state index is 10.9. The van der Waals surface area contributed by atoms with Crippen molar-refractivity contribution in [2.24, 2.45) is 10.7 Å². The van der Waals surface area contributed by atoms with E-state index in [1.54, 1.807) is 6.07 Å². The molecule has 0 aromatic heterocycles. The van der Waals surface area contributed by atoms with Gasteiger partial charge < -0.3 is 25.4 Å². The van der Waals surface area contributed by atoms with Crippen molar-refractivity contribution in [1.29, 1.82) is 0 Å². The van der Waals surface area contributed by atoms with Gasteiger partial charge in [0.2, 0.25) is 0 Å². The van der Waals surface area contributed by atoms with Crippen LogP contribution in [0.4, 0.5) is 0 Å². The Morgan fingerprint density at radius 1 is 1.13 bits per heavy atom. The number of hydrogen-bond acceptors (Lipinski definition) is 4. The zero-order valence-corrected chi connectivity index (χ0v) is 20.2. The number of primary amides is 1. The predicted molar refractivity (Wildman–Crippen MR) is 133 cm³/mol. The lowest BCUT2D eigenvalue weighted by atomic mass is 10.1. The lowest BCUT2D eigenvalue weighted by Crippen LogP contribution is -2.47. The summed E-state index contributed by atoms with van der Waals surface area (Å²) >= 11 is 0. The van der Waals surface area contributed by atoms with Crippen molar-refractivity contribution in [1.82, 2.24) is 10.2 Å². The molecule has 0 aliphatic carbocycles. The van der Waals surface area contributed by atoms with Gasteiger partial charge in [0, 0.05) is 32.5 Å². The lowest BCUT2D eigenvalue weighted by molar-refractivity contribution is -0.119. The first kappa shape index (κ1) is 24.8. The van der Waals surface area contributed by atoms with Crippen LogP contribution in [0, 0.1) is 0 Å². The molecule has 1 amide bonds. The quantitative estimate of drug-likeness (QED) is 0.306. The molecule has 3 N–H and O–H groups in total. The molecular weight excluding hydrogens is 507 g/mol. The average molecular weight is 538 g/mol. The lowest BCUT2D eigenvalue weighted by Gasteiger charge is -2.34. The molecule has 2 aromatic carbocycles. The third kappa shape index (κ3) is 8.28. The molecule has 31 heavy (non-hydrogen) atoms. The molecule has 0 spiro atoms. The molecular formula is C23H31IN4O3. The third-order valence-corrected chi connectivity index (χ3v) is 4.81. The maximum atomic E-state index is 10.9. The Bertz CT molecular complexity index is 840. The number of amides is 1. The summed E-state index contributed by atoms with van der Waals surface area (Å²) in [6.45, 7) is 5.06. The van der Waals surface area contributed by atoms with Crippen LogP contribution in [0.25, 0.3) is 0 Å². The molecule has 168 valence electrons. The van der Waals surface area contributed by atoms with Gasteiger partial charge in [-0.15, -0.1) is 24.0 Å². The topological polar surface area (TPSA) is 89.2 Å². The van der Waals surface area contributed by atoms with Gasteiger partial charge in [-0.25, -0.2) is 4.99 Å². The number of piperidine rings is 1. The Labute approximate surface area is 201 Å². The highest BCUT2D eigenvalue weighted by Gasteiger charge is 2.22. The molecule has 1 aliphatic heterocycles. The summed E-state index contributed by atoms with van der Waals surface area (Å²) in [5.41, 5.74) is 6.15. The van der Waals surface area contributed by atoms with Crippen molar-refractivity contribution in [2.45, 2.75) is 32.4 Å². The number of rotatable bonds is 8. The van der Waals surface area contributed by atoms with Gasteiger partial charge in [-0.3, -0.25) is 4.79 Å². The molecule has 0 atom stereocenters. The molecule has 0 radical (unpaired) electrons. The standard InChI is InChI=1S/C23H30N4O3.HI/c1-2-25-23(26-16-18-7-6-10-21(15-18)29-17-22(24)28)27-13-11-20(12-14-27)30-19-8-4-3-5-9-19;/h3-10,15,20H,2,11-14,16-17H2,1H3,(H2,24,28)(H,25,26);1H. The zero-order chi connectivity index (χ0) is 21.2. The molecule has 1 fully saturated rings. The van der Waals surface area contributed by atoms with Crippen LogP contribution in [0.1, 0.15) is 25.3 Å². The van der Waals surface area contributed by atoms with Gasteiger partial charge in [0.1, 0.15) is 17.6 Å². The first-order valence-electron chi connectivity index (χ1n) is 10.4. The van der Waals surface area contributed by atoms with E-state index in [2.05, 4.69) is 17.1 Å². The second-order valence-corrected chi connectivity index (χ2v) is 7.19. The predicted octanol–water partition coefficient (Wildman–Crippen LogP) is 3.18. The van der Waals surface area contributed by atoms with Crippen LogP contribution in [-0.4, -0.2) is 49.1 Å². The number of nitrogens with zero attached hydrogens (tertiary/aromatic N) is 2. The van der Waals surface area contributed by atoms with E-state index >= 15 is 0 Å². The molecule has 1 heterocycles. The smallest absolute Gasteiger partial charge is 0.255 e. The van der Waals surface area contributed by atoms with E-state index in [1.807, 2.05) is 48.5 Å². The minimum absolute atomic E-state index is 0. The van der Waals surface area contributed by atoms with Gasteiger partial charge in [0.25, 0.3) is 5.91 Å². The second-order valence-electron chi connectivity index (χ2n) is 7.19. The van der Waals surface area contributed by atoms with Crippen LogP contribution < -0.4 is 20.5 Å². The number of hydrogen-bond donors (Lipinski definition) is 2. The molecule has 7 nitrogen and oxygen atoms in total. The van der Waals surface area contributed by atoms with E-state index in [1.165, 1.54) is 0 Å². The molecule has 8 heteroatoms. The molecule has 2 aromatic rings. The van der Waals surface area contributed by atoms with Crippen LogP contribution in [0.3, 0.4) is 0 Å². The van der Waals surface area contributed by atoms with Crippen molar-refractivity contribution in [3.05, 3.63) is 60.2 Å². The van der Waals surface area contributed by atoms with Crippen molar-refractivity contribution in [3.8, 4) is 11.5 Å². The number of ether oxygens (including phenoxy) is 2. The van der Waals surface area contributed by atoms with E-state index in [4.69, 9.17) is 20.2 Å². The molecule has 1 saturated heterocycles. The van der Waals surface area contributed by atoms with Gasteiger partial charge in [-0.1, -0.05) is 30.3 Å². The van der Waals surface area contributed by atoms with Crippen molar-refractivity contribution in [2.75, 3.05) is 26.2 Å². The summed E-state index contributed by atoms with van der Waals surface area (Å²) in [6.07, 6.45) is 2.14. The number of nitrogens with one attached hydrogen (secondary N) is 1. The van der Waals surface area contributed by atoms with Crippen molar-refractivity contribution < 1.29 is 14.3 Å². The average Bonchev–Trinajstić information content (AvgIpc) is 2.77. The highest BCUT2D eigenvalue weighted by molar-refractivity contribution is 14.0. The molecule has 1 aliphatic rings. The van der Waals surface area contributed by atoms with Crippen LogP contribution in [0.2, 0.25) is 0 Å². The first-order valence-corrected chi connectivity index (χ1v) is 10.4. The summed E-state index contributed by atoms with van der Waals surface area (Å²) in [5.74, 6) is 1.95. The highest BCUT2D eigenvalue weighted by atomic mass is 127. The van der Waals surface area contributed by atoms with E-state index in [0.29, 0.717) is 12.3 Å². The molecule has 0 saturated carbocycles. The number of likely N-dealkylation sites (tertiary alicyclic amines) is 1. The number of para-hydroxylation sites is 1. The van der Waals surface area contributed by atoms with Crippen LogP contribution >= 0.6 is 24.0 Å². The summed E-state index contributed by atoms with van der Waals surface area (Å²) in [4.78, 5) is 18.0. The third-order valence-electron chi connectivity index (χ3n) is 4.81. The Hall–Kier alpha value is -2.49. The molecule has 0 bridgehead atoms. The fraction of sp³-hybridized carbons (Fsp3) is 0.391. The fourth-order valence-electron chi connectivity index (χ4n) is 3.36. The van der Waals surface area contributed by atoms with E-state index in [9.17, 15) is 4.79 Å². The van der Waals surface area contributed by atoms with Gasteiger partial charge in [0.15, 0.2) is 12.6 Å². The normalized spacial score (nSPS) is 14.5. The minimum Gasteiger partial charge on any atom is -0.490 e.